The average molecular weight is 270 g/mol. The van der Waals surface area contributed by atoms with Crippen LogP contribution in [0.1, 0.15) is 49.2 Å². The van der Waals surface area contributed by atoms with Gasteiger partial charge in [-0.25, -0.2) is 9.78 Å². The zero-order chi connectivity index (χ0) is 13.4. The number of unbranched alkanes of at least 4 members (excludes halogenated alkanes) is 2. The highest BCUT2D eigenvalue weighted by Crippen LogP contribution is 2.23. The van der Waals surface area contributed by atoms with Gasteiger partial charge in [0.1, 0.15) is 4.88 Å². The van der Waals surface area contributed by atoms with E-state index in [9.17, 15) is 4.79 Å². The number of anilines is 1. The maximum absolute atomic E-state index is 11.4. The minimum absolute atomic E-state index is 0.301. The Bertz CT molecular complexity index is 358. The Morgan fingerprint density at radius 3 is 2.44 bits per heavy atom. The Hall–Kier alpha value is -1.10. The fourth-order valence-electron chi connectivity index (χ4n) is 1.61. The zero-order valence-corrected chi connectivity index (χ0v) is 12.3. The first-order chi connectivity index (χ1) is 8.72. The number of carbonyl (C=O) groups is 1. The monoisotopic (exact) mass is 270 g/mol. The molecular formula is C13H22N2O2S. The van der Waals surface area contributed by atoms with Gasteiger partial charge in [-0.1, -0.05) is 38.0 Å². The molecule has 0 saturated carbocycles. The van der Waals surface area contributed by atoms with Gasteiger partial charge in [0.2, 0.25) is 0 Å². The number of aromatic nitrogens is 1. The molecule has 0 spiro atoms. The molecule has 0 aliphatic rings. The lowest BCUT2D eigenvalue weighted by molar-refractivity contribution is 0.0606. The number of nitrogens with zero attached hydrogens (tertiary/aromatic N) is 2. The normalized spacial score (nSPS) is 10.4. The Morgan fingerprint density at radius 2 is 1.94 bits per heavy atom. The molecule has 0 atom stereocenters. The molecule has 102 valence electrons. The van der Waals surface area contributed by atoms with Crippen molar-refractivity contribution in [1.82, 2.24) is 4.98 Å². The van der Waals surface area contributed by atoms with Crippen molar-refractivity contribution in [2.75, 3.05) is 25.1 Å². The third-order valence-corrected chi connectivity index (χ3v) is 3.75. The van der Waals surface area contributed by atoms with Crippen LogP contribution in [-0.4, -0.2) is 31.2 Å². The van der Waals surface area contributed by atoms with Crippen LogP contribution in [0.2, 0.25) is 0 Å². The van der Waals surface area contributed by atoms with Crippen molar-refractivity contribution in [3.63, 3.8) is 0 Å². The summed E-state index contributed by atoms with van der Waals surface area (Å²) in [6.07, 6.45) is 6.24. The van der Waals surface area contributed by atoms with Crippen molar-refractivity contribution in [1.29, 1.82) is 0 Å². The fraction of sp³-hybridized carbons (Fsp3) is 0.692. The van der Waals surface area contributed by atoms with E-state index >= 15 is 0 Å². The number of ether oxygens (including phenoxy) is 1. The highest BCUT2D eigenvalue weighted by atomic mass is 32.1. The number of methoxy groups -OCH3 is 1. The van der Waals surface area contributed by atoms with Gasteiger partial charge in [-0.3, -0.25) is 0 Å². The molecule has 5 heteroatoms. The first kappa shape index (κ1) is 15.0. The molecule has 0 aromatic carbocycles. The largest absolute Gasteiger partial charge is 0.465 e. The van der Waals surface area contributed by atoms with E-state index in [1.54, 1.807) is 6.20 Å². The second-order valence-corrected chi connectivity index (χ2v) is 5.20. The number of hydrogen-bond acceptors (Lipinski definition) is 5. The second kappa shape index (κ2) is 8.08. The Balaban J connectivity index is 2.70. The van der Waals surface area contributed by atoms with E-state index in [1.807, 2.05) is 0 Å². The lowest BCUT2D eigenvalue weighted by Gasteiger charge is -2.21. The number of hydrogen-bond donors (Lipinski definition) is 0. The van der Waals surface area contributed by atoms with Crippen LogP contribution in [0.5, 0.6) is 0 Å². The van der Waals surface area contributed by atoms with Crippen LogP contribution in [0.4, 0.5) is 5.13 Å². The van der Waals surface area contributed by atoms with E-state index in [0.29, 0.717) is 4.88 Å². The van der Waals surface area contributed by atoms with Gasteiger partial charge in [0, 0.05) is 13.1 Å². The van der Waals surface area contributed by atoms with Crippen molar-refractivity contribution in [3.8, 4) is 0 Å². The van der Waals surface area contributed by atoms with Gasteiger partial charge in [0.15, 0.2) is 5.13 Å². The number of carbonyl (C=O) groups excluding carboxylic acids is 1. The summed E-state index contributed by atoms with van der Waals surface area (Å²) in [5.41, 5.74) is 0. The summed E-state index contributed by atoms with van der Waals surface area (Å²) in [5.74, 6) is -0.301. The molecule has 4 nitrogen and oxygen atoms in total. The van der Waals surface area contributed by atoms with Gasteiger partial charge >= 0.3 is 5.97 Å². The van der Waals surface area contributed by atoms with Gasteiger partial charge in [-0.05, 0) is 12.8 Å². The first-order valence-electron chi connectivity index (χ1n) is 6.52. The zero-order valence-electron chi connectivity index (χ0n) is 11.4. The van der Waals surface area contributed by atoms with Gasteiger partial charge in [0.25, 0.3) is 0 Å². The van der Waals surface area contributed by atoms with E-state index in [1.165, 1.54) is 18.4 Å². The molecule has 0 saturated heterocycles. The van der Waals surface area contributed by atoms with E-state index in [-0.39, 0.29) is 5.97 Å². The molecule has 0 N–H and O–H groups in total. The molecule has 0 aliphatic heterocycles. The summed E-state index contributed by atoms with van der Waals surface area (Å²) in [7, 11) is 1.40. The molecule has 0 unspecified atom stereocenters. The Labute approximate surface area is 113 Å². The molecule has 0 radical (unpaired) electrons. The summed E-state index contributed by atoms with van der Waals surface area (Å²) in [6.45, 7) is 6.37. The molecule has 1 aromatic rings. The highest BCUT2D eigenvalue weighted by molar-refractivity contribution is 7.17. The number of esters is 1. The molecule has 0 fully saturated rings. The van der Waals surface area contributed by atoms with Crippen molar-refractivity contribution in [2.45, 2.75) is 39.5 Å². The molecule has 1 heterocycles. The lowest BCUT2D eigenvalue weighted by atomic mass is 10.3. The topological polar surface area (TPSA) is 42.4 Å². The molecule has 18 heavy (non-hydrogen) atoms. The van der Waals surface area contributed by atoms with Crippen LogP contribution < -0.4 is 4.90 Å². The lowest BCUT2D eigenvalue weighted by Crippen LogP contribution is -2.25. The van der Waals surface area contributed by atoms with Crippen LogP contribution in [0, 0.1) is 0 Å². The number of thiazole rings is 1. The molecule has 1 rings (SSSR count). The van der Waals surface area contributed by atoms with Crippen LogP contribution in [0.25, 0.3) is 0 Å². The van der Waals surface area contributed by atoms with Gasteiger partial charge in [-0.15, -0.1) is 0 Å². The molecule has 0 bridgehead atoms. The summed E-state index contributed by atoms with van der Waals surface area (Å²) in [6, 6.07) is 0. The van der Waals surface area contributed by atoms with Crippen LogP contribution in [0.3, 0.4) is 0 Å². The van der Waals surface area contributed by atoms with E-state index < -0.39 is 0 Å². The SMILES string of the molecule is CCCCN(CCCC)c1ncc(C(=O)OC)s1. The molecule has 0 aliphatic carbocycles. The maximum Gasteiger partial charge on any atom is 0.349 e. The van der Waals surface area contributed by atoms with Crippen LogP contribution >= 0.6 is 11.3 Å². The molecule has 0 amide bonds. The smallest absolute Gasteiger partial charge is 0.349 e. The average Bonchev–Trinajstić information content (AvgIpc) is 2.87. The summed E-state index contributed by atoms with van der Waals surface area (Å²) < 4.78 is 4.70. The van der Waals surface area contributed by atoms with Crippen LogP contribution in [0.15, 0.2) is 6.20 Å². The van der Waals surface area contributed by atoms with Gasteiger partial charge in [0.05, 0.1) is 13.3 Å². The van der Waals surface area contributed by atoms with Crippen molar-refractivity contribution in [2.24, 2.45) is 0 Å². The highest BCUT2D eigenvalue weighted by Gasteiger charge is 2.14. The molecular weight excluding hydrogens is 248 g/mol. The van der Waals surface area contributed by atoms with E-state index in [0.717, 1.165) is 43.9 Å². The van der Waals surface area contributed by atoms with E-state index in [2.05, 4.69) is 23.7 Å². The standard InChI is InChI=1S/C13H22N2O2S/c1-4-6-8-15(9-7-5-2)13-14-10-11(18-13)12(16)17-3/h10H,4-9H2,1-3H3. The fourth-order valence-corrected chi connectivity index (χ4v) is 2.49. The van der Waals surface area contributed by atoms with Crippen LogP contribution in [-0.2, 0) is 4.74 Å². The summed E-state index contributed by atoms with van der Waals surface area (Å²) >= 11 is 1.41. The third kappa shape index (κ3) is 4.29. The van der Waals surface area contributed by atoms with Crippen molar-refractivity contribution >= 4 is 22.4 Å². The Kier molecular flexibility index (Phi) is 6.72. The first-order valence-corrected chi connectivity index (χ1v) is 7.33. The van der Waals surface area contributed by atoms with Gasteiger partial charge in [-0.2, -0.15) is 0 Å². The second-order valence-electron chi connectivity index (χ2n) is 4.19. The molecule has 1 aromatic heterocycles. The van der Waals surface area contributed by atoms with Gasteiger partial charge < -0.3 is 9.64 Å². The van der Waals surface area contributed by atoms with Crippen molar-refractivity contribution < 1.29 is 9.53 Å². The minimum atomic E-state index is -0.301. The quantitative estimate of drug-likeness (QED) is 0.679. The third-order valence-electron chi connectivity index (χ3n) is 2.71. The van der Waals surface area contributed by atoms with Crippen molar-refractivity contribution in [3.05, 3.63) is 11.1 Å². The number of rotatable bonds is 8. The summed E-state index contributed by atoms with van der Waals surface area (Å²) in [5, 5.41) is 0.928. The summed E-state index contributed by atoms with van der Waals surface area (Å²) in [4.78, 5) is 18.6. The van der Waals surface area contributed by atoms with E-state index in [4.69, 9.17) is 4.74 Å². The predicted octanol–water partition coefficient (Wildman–Crippen LogP) is 3.34. The predicted molar refractivity (Wildman–Crippen MR) is 75.5 cm³/mol. The Morgan fingerprint density at radius 1 is 1.33 bits per heavy atom. The maximum atomic E-state index is 11.4. The minimum Gasteiger partial charge on any atom is -0.465 e.